The van der Waals surface area contributed by atoms with E-state index < -0.39 is 0 Å². The van der Waals surface area contributed by atoms with Crippen LogP contribution in [-0.2, 0) is 0 Å². The number of aliphatic hydroxyl groups excluding tert-OH is 1. The van der Waals surface area contributed by atoms with Crippen molar-refractivity contribution in [1.29, 1.82) is 0 Å². The predicted molar refractivity (Wildman–Crippen MR) is 87.7 cm³/mol. The van der Waals surface area contributed by atoms with Gasteiger partial charge < -0.3 is 10.8 Å². The maximum atomic E-state index is 9.37. The molecule has 0 aromatic carbocycles. The Bertz CT molecular complexity index is 616. The topological polar surface area (TPSA) is 71.5 Å². The summed E-state index contributed by atoms with van der Waals surface area (Å²) >= 11 is 0. The summed E-state index contributed by atoms with van der Waals surface area (Å²) in [5.41, 5.74) is 9.59. The Hall–Kier alpha value is -2.36. The lowest BCUT2D eigenvalue weighted by molar-refractivity contribution is 0.416. The first kappa shape index (κ1) is 15.0. The van der Waals surface area contributed by atoms with Gasteiger partial charge in [0.1, 0.15) is 5.76 Å². The number of aliphatic hydroxyl groups is 1. The Balaban J connectivity index is 2.23. The first-order chi connectivity index (χ1) is 10.0. The molecule has 0 atom stereocenters. The molecule has 3 N–H and O–H groups in total. The van der Waals surface area contributed by atoms with Crippen molar-refractivity contribution >= 4 is 17.0 Å². The molecule has 0 amide bonds. The standard InChI is InChI=1S/C17H21N3O/c1-4-13(9-19-11(2)14-5-6-14)15-7-8-16(20-10-15)17(18)12(3)21/h4,7-10,14,21H,1,5-6,18H2,2-3H3/b13-9+,17-12-,19-11?. The highest BCUT2D eigenvalue weighted by Gasteiger charge is 2.23. The molecule has 0 unspecified atom stereocenters. The molecule has 1 aliphatic carbocycles. The second-order valence-corrected chi connectivity index (χ2v) is 5.26. The van der Waals surface area contributed by atoms with Gasteiger partial charge in [-0.2, -0.15) is 0 Å². The third-order valence-corrected chi connectivity index (χ3v) is 3.56. The van der Waals surface area contributed by atoms with Crippen LogP contribution in [0.2, 0.25) is 0 Å². The molecule has 21 heavy (non-hydrogen) atoms. The Labute approximate surface area is 125 Å². The van der Waals surface area contributed by atoms with Crippen LogP contribution in [0, 0.1) is 5.92 Å². The minimum atomic E-state index is 0.0689. The minimum Gasteiger partial charge on any atom is -0.510 e. The van der Waals surface area contributed by atoms with Gasteiger partial charge in [0.15, 0.2) is 0 Å². The molecule has 0 spiro atoms. The smallest absolute Gasteiger partial charge is 0.114 e. The third-order valence-electron chi connectivity index (χ3n) is 3.56. The fourth-order valence-electron chi connectivity index (χ4n) is 1.93. The zero-order valence-corrected chi connectivity index (χ0v) is 12.5. The summed E-state index contributed by atoms with van der Waals surface area (Å²) in [4.78, 5) is 8.76. The highest BCUT2D eigenvalue weighted by Crippen LogP contribution is 2.30. The summed E-state index contributed by atoms with van der Waals surface area (Å²) < 4.78 is 0. The van der Waals surface area contributed by atoms with Crippen molar-refractivity contribution in [3.63, 3.8) is 0 Å². The summed E-state index contributed by atoms with van der Waals surface area (Å²) in [7, 11) is 0. The van der Waals surface area contributed by atoms with Gasteiger partial charge in [-0.15, -0.1) is 0 Å². The van der Waals surface area contributed by atoms with Crippen LogP contribution < -0.4 is 5.73 Å². The van der Waals surface area contributed by atoms with Gasteiger partial charge >= 0.3 is 0 Å². The number of nitrogens with two attached hydrogens (primary N) is 1. The molecule has 0 bridgehead atoms. The monoisotopic (exact) mass is 283 g/mol. The Morgan fingerprint density at radius 2 is 2.14 bits per heavy atom. The second kappa shape index (κ2) is 6.39. The largest absolute Gasteiger partial charge is 0.510 e. The van der Waals surface area contributed by atoms with Crippen LogP contribution in [0.25, 0.3) is 11.3 Å². The number of hydrogen-bond donors (Lipinski definition) is 2. The van der Waals surface area contributed by atoms with Crippen molar-refractivity contribution in [3.05, 3.63) is 54.2 Å². The van der Waals surface area contributed by atoms with Crippen LogP contribution >= 0.6 is 0 Å². The molecule has 1 fully saturated rings. The Kier molecular flexibility index (Phi) is 4.58. The number of aromatic nitrogens is 1. The van der Waals surface area contributed by atoms with Crippen molar-refractivity contribution in [2.75, 3.05) is 0 Å². The molecule has 4 nitrogen and oxygen atoms in total. The highest BCUT2D eigenvalue weighted by molar-refractivity contribution is 5.88. The van der Waals surface area contributed by atoms with Gasteiger partial charge in [-0.05, 0) is 38.7 Å². The summed E-state index contributed by atoms with van der Waals surface area (Å²) in [6, 6.07) is 3.67. The first-order valence-corrected chi connectivity index (χ1v) is 7.02. The fraction of sp³-hybridized carbons (Fsp3) is 0.294. The molecule has 1 saturated carbocycles. The number of hydrogen-bond acceptors (Lipinski definition) is 4. The second-order valence-electron chi connectivity index (χ2n) is 5.26. The molecule has 1 aromatic heterocycles. The zero-order chi connectivity index (χ0) is 15.4. The van der Waals surface area contributed by atoms with Gasteiger partial charge in [0, 0.05) is 29.2 Å². The van der Waals surface area contributed by atoms with Crippen LogP contribution in [0.5, 0.6) is 0 Å². The molecule has 110 valence electrons. The molecule has 0 aliphatic heterocycles. The van der Waals surface area contributed by atoms with Crippen molar-refractivity contribution in [1.82, 2.24) is 4.98 Å². The average molecular weight is 283 g/mol. The van der Waals surface area contributed by atoms with E-state index >= 15 is 0 Å². The van der Waals surface area contributed by atoms with Gasteiger partial charge in [-0.1, -0.05) is 18.7 Å². The number of pyridine rings is 1. The van der Waals surface area contributed by atoms with Gasteiger partial charge in [-0.25, -0.2) is 0 Å². The summed E-state index contributed by atoms with van der Waals surface area (Å²) in [6.07, 6.45) is 7.79. The van der Waals surface area contributed by atoms with Crippen molar-refractivity contribution < 1.29 is 5.11 Å². The SMILES string of the molecule is C=C/C(=C\N=C(C)C1CC1)c1ccc(/C(N)=C(\C)O)nc1. The Morgan fingerprint density at radius 1 is 1.43 bits per heavy atom. The van der Waals surface area contributed by atoms with E-state index in [0.29, 0.717) is 11.6 Å². The van der Waals surface area contributed by atoms with Crippen LogP contribution in [0.15, 0.2) is 47.9 Å². The van der Waals surface area contributed by atoms with E-state index in [1.54, 1.807) is 18.3 Å². The quantitative estimate of drug-likeness (QED) is 0.492. The predicted octanol–water partition coefficient (Wildman–Crippen LogP) is 3.68. The van der Waals surface area contributed by atoms with E-state index in [1.807, 2.05) is 12.3 Å². The van der Waals surface area contributed by atoms with E-state index in [9.17, 15) is 5.11 Å². The number of allylic oxidation sites excluding steroid dienone is 3. The molecule has 4 heteroatoms. The van der Waals surface area contributed by atoms with Gasteiger partial charge in [0.25, 0.3) is 0 Å². The van der Waals surface area contributed by atoms with Crippen LogP contribution in [-0.4, -0.2) is 15.8 Å². The van der Waals surface area contributed by atoms with Gasteiger partial charge in [0.05, 0.1) is 11.4 Å². The van der Waals surface area contributed by atoms with E-state index in [0.717, 1.165) is 11.1 Å². The molecular weight excluding hydrogens is 262 g/mol. The Morgan fingerprint density at radius 3 is 2.62 bits per heavy atom. The fourth-order valence-corrected chi connectivity index (χ4v) is 1.93. The van der Waals surface area contributed by atoms with Crippen molar-refractivity contribution in [3.8, 4) is 0 Å². The molecular formula is C17H21N3O. The van der Waals surface area contributed by atoms with Crippen molar-refractivity contribution in [2.24, 2.45) is 16.6 Å². The molecule has 1 aromatic rings. The molecule has 0 saturated heterocycles. The van der Waals surface area contributed by atoms with E-state index in [1.165, 1.54) is 25.5 Å². The molecule has 2 rings (SSSR count). The molecule has 1 aliphatic rings. The third kappa shape index (κ3) is 3.81. The number of rotatable bonds is 5. The van der Waals surface area contributed by atoms with E-state index in [2.05, 4.69) is 23.5 Å². The van der Waals surface area contributed by atoms with Crippen LogP contribution in [0.3, 0.4) is 0 Å². The lowest BCUT2D eigenvalue weighted by Crippen LogP contribution is -2.02. The van der Waals surface area contributed by atoms with Gasteiger partial charge in [0.2, 0.25) is 0 Å². The maximum absolute atomic E-state index is 9.37. The van der Waals surface area contributed by atoms with Crippen LogP contribution in [0.1, 0.15) is 37.9 Å². The molecule has 1 heterocycles. The van der Waals surface area contributed by atoms with Gasteiger partial charge in [-0.3, -0.25) is 9.98 Å². The molecule has 0 radical (unpaired) electrons. The van der Waals surface area contributed by atoms with Crippen LogP contribution in [0.4, 0.5) is 0 Å². The minimum absolute atomic E-state index is 0.0689. The maximum Gasteiger partial charge on any atom is 0.114 e. The number of nitrogens with zero attached hydrogens (tertiary/aromatic N) is 2. The summed E-state index contributed by atoms with van der Waals surface area (Å²) in [5.74, 6) is 0.727. The van der Waals surface area contributed by atoms with Crippen molar-refractivity contribution in [2.45, 2.75) is 26.7 Å². The van der Waals surface area contributed by atoms with E-state index in [-0.39, 0.29) is 11.5 Å². The average Bonchev–Trinajstić information content (AvgIpc) is 3.32. The lowest BCUT2D eigenvalue weighted by Gasteiger charge is -2.05. The van der Waals surface area contributed by atoms with E-state index in [4.69, 9.17) is 5.73 Å². The summed E-state index contributed by atoms with van der Waals surface area (Å²) in [5, 5.41) is 9.37. The zero-order valence-electron chi connectivity index (χ0n) is 12.5. The normalized spacial score (nSPS) is 17.4. The number of aliphatic imine (C=N–C) groups is 1. The summed E-state index contributed by atoms with van der Waals surface area (Å²) in [6.45, 7) is 7.42. The first-order valence-electron chi connectivity index (χ1n) is 7.02. The lowest BCUT2D eigenvalue weighted by atomic mass is 10.1. The highest BCUT2D eigenvalue weighted by atomic mass is 16.3.